The smallest absolute Gasteiger partial charge is 0.269 e. The third kappa shape index (κ3) is 2.38. The maximum atomic E-state index is 11.9. The van der Waals surface area contributed by atoms with Gasteiger partial charge in [-0.05, 0) is 12.1 Å². The molecule has 1 N–H and O–H groups in total. The summed E-state index contributed by atoms with van der Waals surface area (Å²) in [6, 6.07) is 13.3. The Morgan fingerprint density at radius 3 is 2.85 bits per heavy atom. The number of para-hydroxylation sites is 1. The molecule has 0 radical (unpaired) electrons. The van der Waals surface area contributed by atoms with Crippen LogP contribution in [0.1, 0.15) is 5.69 Å². The highest BCUT2D eigenvalue weighted by Crippen LogP contribution is 2.12. The van der Waals surface area contributed by atoms with Gasteiger partial charge in [-0.25, -0.2) is 4.68 Å². The van der Waals surface area contributed by atoms with Gasteiger partial charge in [0.2, 0.25) is 0 Å². The van der Waals surface area contributed by atoms with Crippen molar-refractivity contribution < 1.29 is 0 Å². The van der Waals surface area contributed by atoms with E-state index >= 15 is 0 Å². The average molecular weight is 266 g/mol. The lowest BCUT2D eigenvalue weighted by Gasteiger charge is -2.06. The zero-order chi connectivity index (χ0) is 13.9. The molecule has 1 aromatic carbocycles. The minimum Gasteiger partial charge on any atom is -0.387 e. The fraction of sp³-hybridized carbons (Fsp3) is 0.133. The zero-order valence-electron chi connectivity index (χ0n) is 11.1. The largest absolute Gasteiger partial charge is 0.387 e. The summed E-state index contributed by atoms with van der Waals surface area (Å²) >= 11 is 0. The second-order valence-electron chi connectivity index (χ2n) is 4.49. The standard InChI is InChI=1S/C15H14N4O/c1-16-13-8-15(20)19(17-9-13)10-12-7-6-11-4-2-3-5-14(11)18-12/h2-9,16H,10H2,1H3. The fourth-order valence-electron chi connectivity index (χ4n) is 2.04. The van der Waals surface area contributed by atoms with Crippen LogP contribution in [0.2, 0.25) is 0 Å². The molecule has 0 saturated carbocycles. The Morgan fingerprint density at radius 2 is 2.05 bits per heavy atom. The lowest BCUT2D eigenvalue weighted by Crippen LogP contribution is -2.23. The Hall–Kier alpha value is -2.69. The molecule has 0 saturated heterocycles. The minimum absolute atomic E-state index is 0.146. The van der Waals surface area contributed by atoms with Crippen molar-refractivity contribution in [1.29, 1.82) is 0 Å². The second kappa shape index (κ2) is 5.13. The first-order valence-electron chi connectivity index (χ1n) is 6.36. The van der Waals surface area contributed by atoms with Crippen molar-refractivity contribution in [2.75, 3.05) is 12.4 Å². The lowest BCUT2D eigenvalue weighted by molar-refractivity contribution is 0.630. The van der Waals surface area contributed by atoms with Gasteiger partial charge in [0.15, 0.2) is 0 Å². The molecule has 0 amide bonds. The molecule has 0 aliphatic heterocycles. The topological polar surface area (TPSA) is 59.8 Å². The summed E-state index contributed by atoms with van der Waals surface area (Å²) in [6.07, 6.45) is 1.63. The van der Waals surface area contributed by atoms with Crippen LogP contribution >= 0.6 is 0 Å². The van der Waals surface area contributed by atoms with E-state index in [1.807, 2.05) is 36.4 Å². The molecule has 0 atom stereocenters. The summed E-state index contributed by atoms with van der Waals surface area (Å²) in [5, 5.41) is 8.10. The summed E-state index contributed by atoms with van der Waals surface area (Å²) in [5.41, 5.74) is 2.30. The number of hydrogen-bond donors (Lipinski definition) is 1. The summed E-state index contributed by atoms with van der Waals surface area (Å²) in [5.74, 6) is 0. The van der Waals surface area contributed by atoms with Gasteiger partial charge in [0.1, 0.15) is 0 Å². The predicted molar refractivity (Wildman–Crippen MR) is 78.9 cm³/mol. The number of fused-ring (bicyclic) bond motifs is 1. The highest BCUT2D eigenvalue weighted by Gasteiger charge is 2.03. The second-order valence-corrected chi connectivity index (χ2v) is 4.49. The monoisotopic (exact) mass is 266 g/mol. The highest BCUT2D eigenvalue weighted by molar-refractivity contribution is 5.78. The van der Waals surface area contributed by atoms with E-state index in [0.29, 0.717) is 12.2 Å². The van der Waals surface area contributed by atoms with Gasteiger partial charge in [-0.3, -0.25) is 9.78 Å². The van der Waals surface area contributed by atoms with E-state index in [1.165, 1.54) is 10.7 Å². The number of anilines is 1. The Kier molecular flexibility index (Phi) is 3.16. The van der Waals surface area contributed by atoms with Crippen molar-refractivity contribution in [3.63, 3.8) is 0 Å². The molecular formula is C15H14N4O. The quantitative estimate of drug-likeness (QED) is 0.786. The van der Waals surface area contributed by atoms with E-state index in [-0.39, 0.29) is 5.56 Å². The Morgan fingerprint density at radius 1 is 1.20 bits per heavy atom. The van der Waals surface area contributed by atoms with Gasteiger partial charge < -0.3 is 5.32 Å². The van der Waals surface area contributed by atoms with Gasteiger partial charge >= 0.3 is 0 Å². The first-order valence-corrected chi connectivity index (χ1v) is 6.36. The van der Waals surface area contributed by atoms with E-state index in [2.05, 4.69) is 15.4 Å². The third-order valence-corrected chi connectivity index (χ3v) is 3.13. The van der Waals surface area contributed by atoms with Crippen LogP contribution in [0.5, 0.6) is 0 Å². The molecule has 0 bridgehead atoms. The summed E-state index contributed by atoms with van der Waals surface area (Å²) in [6.45, 7) is 0.369. The molecule has 20 heavy (non-hydrogen) atoms. The van der Waals surface area contributed by atoms with Crippen molar-refractivity contribution in [3.8, 4) is 0 Å². The fourth-order valence-corrected chi connectivity index (χ4v) is 2.04. The molecule has 0 aliphatic rings. The van der Waals surface area contributed by atoms with Gasteiger partial charge in [0, 0.05) is 18.5 Å². The normalized spacial score (nSPS) is 10.7. The number of aromatic nitrogens is 3. The van der Waals surface area contributed by atoms with Crippen LogP contribution in [0.4, 0.5) is 5.69 Å². The molecule has 0 spiro atoms. The van der Waals surface area contributed by atoms with E-state index in [9.17, 15) is 4.79 Å². The van der Waals surface area contributed by atoms with Gasteiger partial charge in [-0.2, -0.15) is 5.10 Å². The van der Waals surface area contributed by atoms with Crippen molar-refractivity contribution in [1.82, 2.24) is 14.8 Å². The summed E-state index contributed by atoms with van der Waals surface area (Å²) in [7, 11) is 1.76. The van der Waals surface area contributed by atoms with E-state index in [1.54, 1.807) is 13.2 Å². The van der Waals surface area contributed by atoms with Crippen molar-refractivity contribution >= 4 is 16.6 Å². The molecule has 0 aliphatic carbocycles. The molecule has 0 unspecified atom stereocenters. The van der Waals surface area contributed by atoms with Crippen LogP contribution in [0.25, 0.3) is 10.9 Å². The van der Waals surface area contributed by atoms with Crippen LogP contribution < -0.4 is 10.9 Å². The Bertz CT molecular complexity index is 810. The van der Waals surface area contributed by atoms with E-state index < -0.39 is 0 Å². The van der Waals surface area contributed by atoms with E-state index in [0.717, 1.165) is 16.6 Å². The van der Waals surface area contributed by atoms with Gasteiger partial charge in [0.25, 0.3) is 5.56 Å². The molecule has 100 valence electrons. The molecule has 5 nitrogen and oxygen atoms in total. The number of nitrogens with one attached hydrogen (secondary N) is 1. The van der Waals surface area contributed by atoms with Crippen LogP contribution in [0.15, 0.2) is 53.5 Å². The van der Waals surface area contributed by atoms with Gasteiger partial charge in [-0.15, -0.1) is 0 Å². The first-order chi connectivity index (χ1) is 9.76. The molecule has 0 fully saturated rings. The highest BCUT2D eigenvalue weighted by atomic mass is 16.1. The van der Waals surface area contributed by atoms with Crippen LogP contribution in [0.3, 0.4) is 0 Å². The van der Waals surface area contributed by atoms with Crippen molar-refractivity contribution in [2.24, 2.45) is 0 Å². The SMILES string of the molecule is CNc1cnn(Cc2ccc3ccccc3n2)c(=O)c1. The first kappa shape index (κ1) is 12.3. The van der Waals surface area contributed by atoms with Crippen LogP contribution in [-0.4, -0.2) is 21.8 Å². The average Bonchev–Trinajstić information content (AvgIpc) is 2.49. The van der Waals surface area contributed by atoms with E-state index in [4.69, 9.17) is 0 Å². The van der Waals surface area contributed by atoms with Crippen LogP contribution in [0, 0.1) is 0 Å². The number of pyridine rings is 1. The van der Waals surface area contributed by atoms with Gasteiger partial charge in [-0.1, -0.05) is 24.3 Å². The number of rotatable bonds is 3. The maximum absolute atomic E-state index is 11.9. The lowest BCUT2D eigenvalue weighted by atomic mass is 10.2. The van der Waals surface area contributed by atoms with Crippen molar-refractivity contribution in [2.45, 2.75) is 6.54 Å². The number of nitrogens with zero attached hydrogens (tertiary/aromatic N) is 3. The molecule has 2 heterocycles. The molecular weight excluding hydrogens is 252 g/mol. The molecule has 2 aromatic heterocycles. The minimum atomic E-state index is -0.146. The zero-order valence-corrected chi connectivity index (χ0v) is 11.1. The number of benzene rings is 1. The summed E-state index contributed by atoms with van der Waals surface area (Å²) in [4.78, 5) is 16.4. The Balaban J connectivity index is 1.94. The predicted octanol–water partition coefficient (Wildman–Crippen LogP) is 1.88. The number of hydrogen-bond acceptors (Lipinski definition) is 4. The third-order valence-electron chi connectivity index (χ3n) is 3.13. The van der Waals surface area contributed by atoms with Crippen LogP contribution in [-0.2, 0) is 6.54 Å². The molecule has 3 aromatic rings. The van der Waals surface area contributed by atoms with Gasteiger partial charge in [0.05, 0.1) is 29.6 Å². The maximum Gasteiger partial charge on any atom is 0.269 e. The summed E-state index contributed by atoms with van der Waals surface area (Å²) < 4.78 is 1.40. The molecule has 3 rings (SSSR count). The Labute approximate surface area is 115 Å². The molecule has 5 heteroatoms. The van der Waals surface area contributed by atoms with Crippen molar-refractivity contribution in [3.05, 3.63) is 64.7 Å².